The number of likely N-dealkylation sites (N-methyl/N-ethyl adjacent to an activating group) is 1. The number of esters is 1. The zero-order valence-electron chi connectivity index (χ0n) is 12.5. The van der Waals surface area contributed by atoms with Crippen LogP contribution in [-0.2, 0) is 20.7 Å². The lowest BCUT2D eigenvalue weighted by Gasteiger charge is -2.17. The van der Waals surface area contributed by atoms with Crippen LogP contribution in [0, 0.1) is 0 Å². The van der Waals surface area contributed by atoms with Crippen LogP contribution in [0.25, 0.3) is 0 Å². The molecule has 22 heavy (non-hydrogen) atoms. The van der Waals surface area contributed by atoms with Crippen LogP contribution < -0.4 is 11.1 Å². The molecule has 1 rings (SSSR count). The van der Waals surface area contributed by atoms with Gasteiger partial charge in [-0.2, -0.15) is 0 Å². The van der Waals surface area contributed by atoms with E-state index in [9.17, 15) is 14.4 Å². The third kappa shape index (κ3) is 4.64. The first kappa shape index (κ1) is 17.8. The van der Waals surface area contributed by atoms with E-state index in [0.717, 1.165) is 0 Å². The van der Waals surface area contributed by atoms with Gasteiger partial charge in [-0.25, -0.2) is 0 Å². The number of hydrogen-bond acceptors (Lipinski definition) is 6. The van der Waals surface area contributed by atoms with E-state index in [4.69, 9.17) is 10.8 Å². The summed E-state index contributed by atoms with van der Waals surface area (Å²) in [6.45, 7) is 0. The summed E-state index contributed by atoms with van der Waals surface area (Å²) >= 11 is 0. The predicted molar refractivity (Wildman–Crippen MR) is 79.6 cm³/mol. The Bertz CT molecular complexity index is 559. The minimum atomic E-state index is -1.14. The quantitative estimate of drug-likeness (QED) is 0.456. The van der Waals surface area contributed by atoms with Gasteiger partial charge in [0.1, 0.15) is 6.04 Å². The molecule has 0 radical (unpaired) electrons. The van der Waals surface area contributed by atoms with E-state index in [1.165, 1.54) is 7.11 Å². The second kappa shape index (κ2) is 8.26. The fourth-order valence-electron chi connectivity index (χ4n) is 2.08. The van der Waals surface area contributed by atoms with Crippen molar-refractivity contribution in [3.05, 3.63) is 35.4 Å². The Labute approximate surface area is 128 Å². The molecule has 0 spiro atoms. The number of nitrogens with one attached hydrogen (secondary N) is 1. The van der Waals surface area contributed by atoms with Gasteiger partial charge < -0.3 is 20.9 Å². The molecule has 2 atom stereocenters. The van der Waals surface area contributed by atoms with E-state index in [-0.39, 0.29) is 6.42 Å². The monoisotopic (exact) mass is 308 g/mol. The van der Waals surface area contributed by atoms with Gasteiger partial charge in [-0.15, -0.1) is 0 Å². The number of carbonyl (C=O) groups excluding carboxylic acids is 2. The van der Waals surface area contributed by atoms with Crippen molar-refractivity contribution in [1.82, 2.24) is 5.32 Å². The van der Waals surface area contributed by atoms with Gasteiger partial charge in [0.25, 0.3) is 0 Å². The molecule has 4 N–H and O–H groups in total. The van der Waals surface area contributed by atoms with Crippen LogP contribution in [0.3, 0.4) is 0 Å². The Morgan fingerprint density at radius 1 is 1.32 bits per heavy atom. The predicted octanol–water partition coefficient (Wildman–Crippen LogP) is -0.0252. The fraction of sp³-hybridized carbons (Fsp3) is 0.400. The number of carbonyl (C=O) groups is 3. The number of benzene rings is 1. The second-order valence-electron chi connectivity index (χ2n) is 4.79. The molecule has 1 aromatic carbocycles. The standard InChI is InChI=1S/C15H20N2O5/c1-17-12(15(21)22-2)7-9-5-3-4-6-10(9)14(20)11(16)8-13(18)19/h3-6,11-12,17H,7-8,16H2,1-2H3,(H,18,19)/t11-,12-/m0/s1. The van der Waals surface area contributed by atoms with Crippen LogP contribution in [0.1, 0.15) is 22.3 Å². The molecule has 0 fully saturated rings. The summed E-state index contributed by atoms with van der Waals surface area (Å²) in [5, 5.41) is 11.6. The zero-order chi connectivity index (χ0) is 16.7. The van der Waals surface area contributed by atoms with Crippen LogP contribution in [0.5, 0.6) is 0 Å². The van der Waals surface area contributed by atoms with Gasteiger partial charge in [-0.05, 0) is 19.0 Å². The van der Waals surface area contributed by atoms with E-state index < -0.39 is 36.2 Å². The topological polar surface area (TPSA) is 119 Å². The molecule has 120 valence electrons. The largest absolute Gasteiger partial charge is 0.481 e. The van der Waals surface area contributed by atoms with Crippen molar-refractivity contribution in [3.63, 3.8) is 0 Å². The number of ether oxygens (including phenoxy) is 1. The van der Waals surface area contributed by atoms with Crippen LogP contribution in [0.2, 0.25) is 0 Å². The number of hydrogen-bond donors (Lipinski definition) is 3. The molecule has 0 saturated carbocycles. The Morgan fingerprint density at radius 2 is 1.95 bits per heavy atom. The van der Waals surface area contributed by atoms with E-state index in [2.05, 4.69) is 10.1 Å². The summed E-state index contributed by atoms with van der Waals surface area (Å²) in [7, 11) is 2.90. The number of carboxylic acids is 1. The second-order valence-corrected chi connectivity index (χ2v) is 4.79. The summed E-state index contributed by atoms with van der Waals surface area (Å²) in [6, 6.07) is 4.95. The first-order valence-electron chi connectivity index (χ1n) is 6.75. The molecule has 0 bridgehead atoms. The molecular formula is C15H20N2O5. The molecule has 0 heterocycles. The average molecular weight is 308 g/mol. The molecule has 0 unspecified atom stereocenters. The maximum Gasteiger partial charge on any atom is 0.323 e. The number of ketones is 1. The van der Waals surface area contributed by atoms with Crippen molar-refractivity contribution in [3.8, 4) is 0 Å². The smallest absolute Gasteiger partial charge is 0.323 e. The van der Waals surface area contributed by atoms with Crippen molar-refractivity contribution < 1.29 is 24.2 Å². The van der Waals surface area contributed by atoms with Crippen molar-refractivity contribution in [2.75, 3.05) is 14.2 Å². The van der Waals surface area contributed by atoms with Crippen molar-refractivity contribution in [2.45, 2.75) is 24.9 Å². The Balaban J connectivity index is 3.01. The Kier molecular flexibility index (Phi) is 6.68. The number of rotatable bonds is 8. The van der Waals surface area contributed by atoms with Gasteiger partial charge in [0.15, 0.2) is 5.78 Å². The van der Waals surface area contributed by atoms with Gasteiger partial charge >= 0.3 is 11.9 Å². The van der Waals surface area contributed by atoms with Gasteiger partial charge in [-0.1, -0.05) is 24.3 Å². The van der Waals surface area contributed by atoms with Crippen molar-refractivity contribution in [1.29, 1.82) is 0 Å². The van der Waals surface area contributed by atoms with Gasteiger partial charge in [0.2, 0.25) is 0 Å². The lowest BCUT2D eigenvalue weighted by atomic mass is 9.94. The summed E-state index contributed by atoms with van der Waals surface area (Å²) in [5.74, 6) is -2.04. The number of Topliss-reactive ketones (excluding diaryl/α,β-unsaturated/α-hetero) is 1. The molecule has 7 heteroatoms. The summed E-state index contributed by atoms with van der Waals surface area (Å²) in [5.41, 5.74) is 6.56. The number of aliphatic carboxylic acids is 1. The third-order valence-electron chi connectivity index (χ3n) is 3.27. The van der Waals surface area contributed by atoms with Crippen molar-refractivity contribution >= 4 is 17.7 Å². The highest BCUT2D eigenvalue weighted by molar-refractivity contribution is 6.02. The molecule has 7 nitrogen and oxygen atoms in total. The Morgan fingerprint density at radius 3 is 2.50 bits per heavy atom. The van der Waals surface area contributed by atoms with E-state index in [1.54, 1.807) is 31.3 Å². The highest BCUT2D eigenvalue weighted by Crippen LogP contribution is 2.15. The van der Waals surface area contributed by atoms with E-state index in [1.807, 2.05) is 0 Å². The number of methoxy groups -OCH3 is 1. The van der Waals surface area contributed by atoms with Gasteiger partial charge in [-0.3, -0.25) is 14.4 Å². The number of carboxylic acid groups (broad SMARTS) is 1. The van der Waals surface area contributed by atoms with Crippen LogP contribution in [-0.4, -0.2) is 49.1 Å². The number of nitrogens with two attached hydrogens (primary N) is 1. The molecule has 0 aliphatic rings. The third-order valence-corrected chi connectivity index (χ3v) is 3.27. The molecule has 0 aliphatic heterocycles. The van der Waals surface area contributed by atoms with Gasteiger partial charge in [0, 0.05) is 5.56 Å². The van der Waals surface area contributed by atoms with E-state index >= 15 is 0 Å². The van der Waals surface area contributed by atoms with Gasteiger partial charge in [0.05, 0.1) is 19.6 Å². The molecule has 0 aliphatic carbocycles. The van der Waals surface area contributed by atoms with Crippen LogP contribution in [0.4, 0.5) is 0 Å². The van der Waals surface area contributed by atoms with Crippen molar-refractivity contribution in [2.24, 2.45) is 5.73 Å². The Hall–Kier alpha value is -2.25. The maximum absolute atomic E-state index is 12.3. The zero-order valence-corrected chi connectivity index (χ0v) is 12.5. The first-order valence-corrected chi connectivity index (χ1v) is 6.75. The first-order chi connectivity index (χ1) is 10.4. The van der Waals surface area contributed by atoms with Crippen LogP contribution >= 0.6 is 0 Å². The summed E-state index contributed by atoms with van der Waals surface area (Å²) < 4.78 is 4.69. The lowest BCUT2D eigenvalue weighted by molar-refractivity contribution is -0.143. The maximum atomic E-state index is 12.3. The van der Waals surface area contributed by atoms with Crippen LogP contribution in [0.15, 0.2) is 24.3 Å². The minimum Gasteiger partial charge on any atom is -0.481 e. The molecular weight excluding hydrogens is 288 g/mol. The summed E-state index contributed by atoms with van der Waals surface area (Å²) in [6.07, 6.45) is -0.204. The minimum absolute atomic E-state index is 0.241. The summed E-state index contributed by atoms with van der Waals surface area (Å²) in [4.78, 5) is 34.6. The fourth-order valence-corrected chi connectivity index (χ4v) is 2.08. The normalized spacial score (nSPS) is 13.2. The highest BCUT2D eigenvalue weighted by atomic mass is 16.5. The van der Waals surface area contributed by atoms with E-state index in [0.29, 0.717) is 11.1 Å². The SMILES string of the molecule is CN[C@@H](Cc1ccccc1C(=O)[C@@H](N)CC(=O)O)C(=O)OC. The lowest BCUT2D eigenvalue weighted by Crippen LogP contribution is -2.38. The molecule has 0 amide bonds. The highest BCUT2D eigenvalue weighted by Gasteiger charge is 2.24. The molecule has 0 aromatic heterocycles. The average Bonchev–Trinajstić information content (AvgIpc) is 2.50. The molecule has 1 aromatic rings. The molecule has 0 saturated heterocycles.